The van der Waals surface area contributed by atoms with Crippen LogP contribution in [0.3, 0.4) is 0 Å². The van der Waals surface area contributed by atoms with Gasteiger partial charge in [0.1, 0.15) is 0 Å². The van der Waals surface area contributed by atoms with Gasteiger partial charge in [-0.2, -0.15) is 5.10 Å². The van der Waals surface area contributed by atoms with Crippen LogP contribution in [0.5, 0.6) is 0 Å². The number of H-pyrrole nitrogens is 1. The number of carbonyl (C=O) groups excluding carboxylic acids is 2. The highest BCUT2D eigenvalue weighted by Crippen LogP contribution is 2.46. The Labute approximate surface area is 172 Å². The van der Waals surface area contributed by atoms with E-state index in [1.54, 1.807) is 12.4 Å². The van der Waals surface area contributed by atoms with Gasteiger partial charge in [-0.3, -0.25) is 14.7 Å². The van der Waals surface area contributed by atoms with Crippen LogP contribution in [0, 0.1) is 17.3 Å². The molecule has 156 valence electrons. The molecule has 0 unspecified atom stereocenters. The van der Waals surface area contributed by atoms with Crippen LogP contribution < -0.4 is 0 Å². The highest BCUT2D eigenvalue weighted by molar-refractivity contribution is 5.95. The van der Waals surface area contributed by atoms with E-state index in [1.165, 1.54) is 0 Å². The normalized spacial score (nSPS) is 34.7. The highest BCUT2D eigenvalue weighted by atomic mass is 16.2. The molecule has 5 rings (SSSR count). The quantitative estimate of drug-likeness (QED) is 0.772. The van der Waals surface area contributed by atoms with Gasteiger partial charge in [-0.1, -0.05) is 12.2 Å². The maximum absolute atomic E-state index is 14.0. The molecule has 1 aliphatic carbocycles. The second-order valence-electron chi connectivity index (χ2n) is 9.45. The number of hydrogen-bond donors (Lipinski definition) is 1. The average Bonchev–Trinajstić information content (AvgIpc) is 3.42. The molecule has 2 amide bonds. The van der Waals surface area contributed by atoms with E-state index in [4.69, 9.17) is 0 Å². The number of amides is 2. The third-order valence-corrected chi connectivity index (χ3v) is 7.80. The Bertz CT molecular complexity index is 790. The van der Waals surface area contributed by atoms with E-state index in [0.29, 0.717) is 29.9 Å². The van der Waals surface area contributed by atoms with Crippen molar-refractivity contribution in [3.8, 4) is 0 Å². The number of hydrogen-bond acceptors (Lipinski definition) is 4. The third-order valence-electron chi connectivity index (χ3n) is 7.80. The fourth-order valence-corrected chi connectivity index (χ4v) is 6.16. The minimum Gasteiger partial charge on any atom is -0.342 e. The van der Waals surface area contributed by atoms with Crippen molar-refractivity contribution < 1.29 is 9.59 Å². The van der Waals surface area contributed by atoms with Crippen molar-refractivity contribution in [2.45, 2.75) is 38.1 Å². The van der Waals surface area contributed by atoms with Crippen LogP contribution in [-0.2, 0) is 4.79 Å². The van der Waals surface area contributed by atoms with Crippen molar-refractivity contribution in [1.29, 1.82) is 0 Å². The summed E-state index contributed by atoms with van der Waals surface area (Å²) in [4.78, 5) is 33.6. The van der Waals surface area contributed by atoms with Crippen LogP contribution in [0.1, 0.15) is 42.5 Å². The number of aromatic amines is 1. The topological polar surface area (TPSA) is 72.5 Å². The van der Waals surface area contributed by atoms with Gasteiger partial charge in [-0.15, -0.1) is 0 Å². The molecule has 29 heavy (non-hydrogen) atoms. The molecule has 1 aromatic heterocycles. The SMILES string of the molecule is CN1CC[C@]2(C(=O)N3C[C@H]4CC=CC[C@H]4C3)CCCN(C(=O)c3cn[nH]c3)[C@H]2C1. The lowest BCUT2D eigenvalue weighted by Crippen LogP contribution is -2.66. The zero-order valence-corrected chi connectivity index (χ0v) is 17.2. The molecule has 3 saturated heterocycles. The summed E-state index contributed by atoms with van der Waals surface area (Å²) in [6.45, 7) is 4.16. The van der Waals surface area contributed by atoms with Crippen LogP contribution in [0.15, 0.2) is 24.5 Å². The summed E-state index contributed by atoms with van der Waals surface area (Å²) in [5.74, 6) is 1.51. The average molecular weight is 398 g/mol. The van der Waals surface area contributed by atoms with E-state index >= 15 is 0 Å². The molecule has 0 radical (unpaired) electrons. The Hall–Kier alpha value is -2.15. The number of fused-ring (bicyclic) bond motifs is 2. The van der Waals surface area contributed by atoms with Crippen molar-refractivity contribution in [2.24, 2.45) is 17.3 Å². The Morgan fingerprint density at radius 2 is 1.86 bits per heavy atom. The molecule has 3 fully saturated rings. The monoisotopic (exact) mass is 397 g/mol. The number of nitrogens with zero attached hydrogens (tertiary/aromatic N) is 4. The predicted octanol–water partition coefficient (Wildman–Crippen LogP) is 1.76. The first-order valence-corrected chi connectivity index (χ1v) is 11.0. The van der Waals surface area contributed by atoms with Gasteiger partial charge in [0, 0.05) is 32.4 Å². The molecule has 0 spiro atoms. The fourth-order valence-electron chi connectivity index (χ4n) is 6.16. The van der Waals surface area contributed by atoms with Crippen molar-refractivity contribution in [1.82, 2.24) is 24.9 Å². The number of rotatable bonds is 2. The first-order chi connectivity index (χ1) is 14.1. The molecule has 0 aromatic carbocycles. The summed E-state index contributed by atoms with van der Waals surface area (Å²) in [5.41, 5.74) is 0.144. The number of piperidine rings is 2. The number of nitrogens with one attached hydrogen (secondary N) is 1. The molecule has 1 aromatic rings. The maximum Gasteiger partial charge on any atom is 0.257 e. The lowest BCUT2D eigenvalue weighted by atomic mass is 9.67. The van der Waals surface area contributed by atoms with Gasteiger partial charge >= 0.3 is 0 Å². The molecule has 4 heterocycles. The van der Waals surface area contributed by atoms with E-state index in [-0.39, 0.29) is 11.9 Å². The van der Waals surface area contributed by atoms with E-state index in [9.17, 15) is 9.59 Å². The zero-order chi connectivity index (χ0) is 20.0. The summed E-state index contributed by atoms with van der Waals surface area (Å²) >= 11 is 0. The molecule has 0 saturated carbocycles. The van der Waals surface area contributed by atoms with Crippen molar-refractivity contribution in [3.05, 3.63) is 30.1 Å². The Kier molecular flexibility index (Phi) is 4.73. The first kappa shape index (κ1) is 18.9. The van der Waals surface area contributed by atoms with Crippen molar-refractivity contribution in [3.63, 3.8) is 0 Å². The lowest BCUT2D eigenvalue weighted by Gasteiger charge is -2.54. The predicted molar refractivity (Wildman–Crippen MR) is 109 cm³/mol. The summed E-state index contributed by atoms with van der Waals surface area (Å²) < 4.78 is 0. The third kappa shape index (κ3) is 3.10. The van der Waals surface area contributed by atoms with Crippen LogP contribution in [0.2, 0.25) is 0 Å². The van der Waals surface area contributed by atoms with E-state index in [2.05, 4.69) is 39.2 Å². The van der Waals surface area contributed by atoms with Gasteiger partial charge in [0.15, 0.2) is 0 Å². The summed E-state index contributed by atoms with van der Waals surface area (Å²) in [6.07, 6.45) is 12.6. The van der Waals surface area contributed by atoms with E-state index in [1.807, 2.05) is 4.90 Å². The Balaban J connectivity index is 1.43. The van der Waals surface area contributed by atoms with Gasteiger partial charge in [0.25, 0.3) is 5.91 Å². The summed E-state index contributed by atoms with van der Waals surface area (Å²) in [6, 6.07) is -0.0642. The zero-order valence-electron chi connectivity index (χ0n) is 17.2. The largest absolute Gasteiger partial charge is 0.342 e. The molecule has 3 aliphatic heterocycles. The molecular formula is C22H31N5O2. The molecular weight excluding hydrogens is 366 g/mol. The Morgan fingerprint density at radius 1 is 1.10 bits per heavy atom. The Morgan fingerprint density at radius 3 is 2.55 bits per heavy atom. The minimum absolute atomic E-state index is 0.00443. The van der Waals surface area contributed by atoms with Gasteiger partial charge in [-0.25, -0.2) is 0 Å². The van der Waals surface area contributed by atoms with Crippen molar-refractivity contribution >= 4 is 11.8 Å². The molecule has 4 atom stereocenters. The number of allylic oxidation sites excluding steroid dienone is 2. The summed E-state index contributed by atoms with van der Waals surface area (Å²) in [5, 5.41) is 6.70. The molecule has 7 nitrogen and oxygen atoms in total. The van der Waals surface area contributed by atoms with Crippen LogP contribution in [-0.4, -0.2) is 82.5 Å². The standard InChI is InChI=1S/C22H31N5O2/c1-25-10-8-22(21(29)26-13-16-5-2-3-6-17(16)14-26)7-4-9-27(19(22)15-25)20(28)18-11-23-24-12-18/h2-3,11-12,16-17,19H,4-10,13-15H2,1H3,(H,23,24)/t16-,17+,19-,22+/m0/s1. The molecule has 1 N–H and O–H groups in total. The second kappa shape index (κ2) is 7.27. The molecule has 7 heteroatoms. The maximum atomic E-state index is 14.0. The number of carbonyl (C=O) groups is 2. The van der Waals surface area contributed by atoms with Crippen LogP contribution in [0.25, 0.3) is 0 Å². The molecule has 4 aliphatic rings. The smallest absolute Gasteiger partial charge is 0.257 e. The van der Waals surface area contributed by atoms with Gasteiger partial charge < -0.3 is 14.7 Å². The number of aromatic nitrogens is 2. The number of likely N-dealkylation sites (tertiary alicyclic amines) is 3. The highest BCUT2D eigenvalue weighted by Gasteiger charge is 2.55. The van der Waals surface area contributed by atoms with Gasteiger partial charge in [0.05, 0.1) is 23.2 Å². The van der Waals surface area contributed by atoms with E-state index < -0.39 is 5.41 Å². The van der Waals surface area contributed by atoms with Crippen LogP contribution >= 0.6 is 0 Å². The number of likely N-dealkylation sites (N-methyl/N-ethyl adjacent to an activating group) is 1. The van der Waals surface area contributed by atoms with Crippen molar-refractivity contribution in [2.75, 3.05) is 39.8 Å². The fraction of sp³-hybridized carbons (Fsp3) is 0.682. The summed E-state index contributed by atoms with van der Waals surface area (Å²) in [7, 11) is 2.10. The van der Waals surface area contributed by atoms with E-state index in [0.717, 1.165) is 58.3 Å². The van der Waals surface area contributed by atoms with Gasteiger partial charge in [0.2, 0.25) is 5.91 Å². The minimum atomic E-state index is -0.439. The van der Waals surface area contributed by atoms with Crippen LogP contribution in [0.4, 0.5) is 0 Å². The molecule has 0 bridgehead atoms. The first-order valence-electron chi connectivity index (χ1n) is 11.0. The second-order valence-corrected chi connectivity index (χ2v) is 9.45. The van der Waals surface area contributed by atoms with Gasteiger partial charge in [-0.05, 0) is 57.5 Å². The lowest BCUT2D eigenvalue weighted by molar-refractivity contribution is -0.153.